The summed E-state index contributed by atoms with van der Waals surface area (Å²) < 4.78 is 83.4. The van der Waals surface area contributed by atoms with Crippen molar-refractivity contribution in [3.63, 3.8) is 0 Å². The van der Waals surface area contributed by atoms with Gasteiger partial charge in [0, 0.05) is 34.3 Å². The van der Waals surface area contributed by atoms with Crippen LogP contribution in [0.3, 0.4) is 0 Å². The molecule has 1 aromatic heterocycles. The number of para-hydroxylation sites is 1. The molecule has 3 aromatic rings. The first-order chi connectivity index (χ1) is 14.4. The number of alkyl halides is 6. The van der Waals surface area contributed by atoms with Crippen molar-refractivity contribution in [2.24, 2.45) is 0 Å². The van der Waals surface area contributed by atoms with E-state index in [1.54, 1.807) is 25.1 Å². The zero-order valence-electron chi connectivity index (χ0n) is 16.2. The number of aromatic nitrogens is 1. The Morgan fingerprint density at radius 1 is 1.10 bits per heavy atom. The molecule has 0 saturated heterocycles. The number of H-pyrrole nitrogens is 1. The minimum absolute atomic E-state index is 0.126. The van der Waals surface area contributed by atoms with Gasteiger partial charge < -0.3 is 14.8 Å². The van der Waals surface area contributed by atoms with Crippen molar-refractivity contribution < 1.29 is 36.2 Å². The first kappa shape index (κ1) is 21.4. The predicted octanol–water partition coefficient (Wildman–Crippen LogP) is 5.67. The van der Waals surface area contributed by atoms with Crippen LogP contribution in [0.4, 0.5) is 26.3 Å². The Morgan fingerprint density at radius 3 is 2.48 bits per heavy atom. The lowest BCUT2D eigenvalue weighted by atomic mass is 9.88. The van der Waals surface area contributed by atoms with E-state index in [1.807, 2.05) is 6.07 Å². The Balaban J connectivity index is 1.94. The van der Waals surface area contributed by atoms with Crippen molar-refractivity contribution in [1.82, 2.24) is 9.88 Å². The van der Waals surface area contributed by atoms with Crippen molar-refractivity contribution in [2.75, 3.05) is 6.54 Å². The molecule has 2 heterocycles. The minimum Gasteiger partial charge on any atom is -0.508 e. The van der Waals surface area contributed by atoms with Crippen molar-refractivity contribution in [1.29, 1.82) is 0 Å². The molecule has 2 aromatic carbocycles. The minimum atomic E-state index is -5.08. The smallest absolute Gasteiger partial charge is 0.508 e. The van der Waals surface area contributed by atoms with E-state index in [0.29, 0.717) is 17.6 Å². The number of phenols is 1. The molecule has 1 aliphatic rings. The van der Waals surface area contributed by atoms with E-state index in [4.69, 9.17) is 0 Å². The summed E-state index contributed by atoms with van der Waals surface area (Å²) in [5, 5.41) is 10.5. The van der Waals surface area contributed by atoms with E-state index in [-0.39, 0.29) is 5.56 Å². The van der Waals surface area contributed by atoms with Crippen molar-refractivity contribution in [2.45, 2.75) is 38.0 Å². The Hall–Kier alpha value is -2.88. The molecular formula is C21H18F6N2O2. The molecule has 166 valence electrons. The fourth-order valence-corrected chi connectivity index (χ4v) is 4.26. The van der Waals surface area contributed by atoms with Crippen molar-refractivity contribution in [3.8, 4) is 11.5 Å². The topological polar surface area (TPSA) is 48.5 Å². The van der Waals surface area contributed by atoms with E-state index < -0.39 is 42.7 Å². The predicted molar refractivity (Wildman–Crippen MR) is 101 cm³/mol. The first-order valence-corrected chi connectivity index (χ1v) is 9.43. The van der Waals surface area contributed by atoms with Gasteiger partial charge in [-0.2, -0.15) is 13.2 Å². The molecule has 0 fully saturated rings. The normalized spacial score (nSPS) is 20.1. The van der Waals surface area contributed by atoms with Crippen LogP contribution in [0, 0.1) is 0 Å². The molecule has 2 atom stereocenters. The van der Waals surface area contributed by atoms with Gasteiger partial charge in [-0.05, 0) is 37.1 Å². The lowest BCUT2D eigenvalue weighted by molar-refractivity contribution is -0.275. The average molecular weight is 444 g/mol. The number of benzene rings is 2. The summed E-state index contributed by atoms with van der Waals surface area (Å²) >= 11 is 0. The molecule has 0 amide bonds. The second-order valence-electron chi connectivity index (χ2n) is 7.58. The van der Waals surface area contributed by atoms with Crippen LogP contribution in [0.5, 0.6) is 11.5 Å². The maximum absolute atomic E-state index is 13.4. The second kappa shape index (κ2) is 7.37. The Labute approximate surface area is 173 Å². The zero-order chi connectivity index (χ0) is 22.6. The molecule has 0 radical (unpaired) electrons. The molecule has 4 nitrogen and oxygen atoms in total. The first-order valence-electron chi connectivity index (χ1n) is 9.43. The number of phenolic OH excluding ortho intramolecular Hbond substituents is 1. The van der Waals surface area contributed by atoms with Crippen LogP contribution in [-0.4, -0.2) is 40.1 Å². The quantitative estimate of drug-likeness (QED) is 0.512. The summed E-state index contributed by atoms with van der Waals surface area (Å²) in [6, 6.07) is 8.37. The number of nitrogens with zero attached hydrogens (tertiary/aromatic N) is 1. The van der Waals surface area contributed by atoms with Gasteiger partial charge in [0.1, 0.15) is 11.5 Å². The van der Waals surface area contributed by atoms with Crippen LogP contribution < -0.4 is 4.74 Å². The van der Waals surface area contributed by atoms with Gasteiger partial charge in [0.15, 0.2) is 0 Å². The highest BCUT2D eigenvalue weighted by Crippen LogP contribution is 2.45. The molecule has 0 unspecified atom stereocenters. The molecule has 31 heavy (non-hydrogen) atoms. The molecule has 2 N–H and O–H groups in total. The number of hydrogen-bond acceptors (Lipinski definition) is 3. The van der Waals surface area contributed by atoms with Crippen LogP contribution >= 0.6 is 0 Å². The van der Waals surface area contributed by atoms with Crippen LogP contribution in [0.2, 0.25) is 0 Å². The summed E-state index contributed by atoms with van der Waals surface area (Å²) in [6.45, 7) is 0.286. The van der Waals surface area contributed by atoms with E-state index in [1.165, 1.54) is 0 Å². The number of rotatable bonds is 3. The van der Waals surface area contributed by atoms with Gasteiger partial charge in [-0.25, -0.2) is 0 Å². The summed E-state index contributed by atoms with van der Waals surface area (Å²) in [4.78, 5) is 4.20. The van der Waals surface area contributed by atoms with Gasteiger partial charge in [0.2, 0.25) is 0 Å². The van der Waals surface area contributed by atoms with Gasteiger partial charge >= 0.3 is 12.5 Å². The van der Waals surface area contributed by atoms with Crippen LogP contribution in [0.1, 0.15) is 29.8 Å². The van der Waals surface area contributed by atoms with Crippen molar-refractivity contribution in [3.05, 3.63) is 59.3 Å². The maximum atomic E-state index is 13.4. The molecule has 0 spiro atoms. The highest BCUT2D eigenvalue weighted by molar-refractivity contribution is 5.85. The number of aromatic amines is 1. The van der Waals surface area contributed by atoms with Gasteiger partial charge in [-0.1, -0.05) is 18.2 Å². The third-order valence-electron chi connectivity index (χ3n) is 5.40. The summed E-state index contributed by atoms with van der Waals surface area (Å²) in [5.41, 5.74) is 1.67. The third-order valence-corrected chi connectivity index (χ3v) is 5.40. The van der Waals surface area contributed by atoms with Gasteiger partial charge in [-0.15, -0.1) is 13.2 Å². The molecule has 0 aliphatic carbocycles. The highest BCUT2D eigenvalue weighted by Gasteiger charge is 2.43. The SMILES string of the molecule is C[C@@H]1Cc2c([nH]c3ccccc23)[C@@H](c2ccc(O)cc2OC(F)(F)F)N1CC(F)(F)F. The summed E-state index contributed by atoms with van der Waals surface area (Å²) in [6.07, 6.45) is -9.36. The zero-order valence-corrected chi connectivity index (χ0v) is 16.2. The Bertz CT molecular complexity index is 1110. The molecule has 0 saturated carbocycles. The number of aromatic hydroxyl groups is 1. The molecule has 4 rings (SSSR count). The highest BCUT2D eigenvalue weighted by atomic mass is 19.4. The summed E-state index contributed by atoms with van der Waals surface area (Å²) in [7, 11) is 0. The van der Waals surface area contributed by atoms with Crippen LogP contribution in [0.25, 0.3) is 10.9 Å². The fourth-order valence-electron chi connectivity index (χ4n) is 4.26. The van der Waals surface area contributed by atoms with E-state index >= 15 is 0 Å². The Morgan fingerprint density at radius 2 is 1.81 bits per heavy atom. The molecule has 1 aliphatic heterocycles. The number of hydrogen-bond donors (Lipinski definition) is 2. The number of ether oxygens (including phenoxy) is 1. The average Bonchev–Trinajstić information content (AvgIpc) is 2.99. The fraction of sp³-hybridized carbons (Fsp3) is 0.333. The van der Waals surface area contributed by atoms with Crippen molar-refractivity contribution >= 4 is 10.9 Å². The van der Waals surface area contributed by atoms with E-state index in [0.717, 1.165) is 34.0 Å². The van der Waals surface area contributed by atoms with Crippen LogP contribution in [-0.2, 0) is 6.42 Å². The largest absolute Gasteiger partial charge is 0.573 e. The number of halogens is 6. The maximum Gasteiger partial charge on any atom is 0.573 e. The number of nitrogens with one attached hydrogen (secondary N) is 1. The van der Waals surface area contributed by atoms with Crippen LogP contribution in [0.15, 0.2) is 42.5 Å². The molecule has 10 heteroatoms. The number of fused-ring (bicyclic) bond motifs is 3. The standard InChI is InChI=1S/C21H18F6N2O2/c1-11-8-15-13-4-2-3-5-16(13)28-18(15)19(29(11)10-20(22,23)24)14-7-6-12(30)9-17(14)31-21(25,26)27/h2-7,9,11,19,28,30H,8,10H2,1H3/t11-,19-/m1/s1. The Kier molecular flexibility index (Phi) is 5.07. The third kappa shape index (κ3) is 4.30. The molecule has 0 bridgehead atoms. The van der Waals surface area contributed by atoms with E-state index in [2.05, 4.69) is 9.72 Å². The van der Waals surface area contributed by atoms with Gasteiger partial charge in [-0.3, -0.25) is 4.90 Å². The monoisotopic (exact) mass is 444 g/mol. The van der Waals surface area contributed by atoms with E-state index in [9.17, 15) is 31.4 Å². The second-order valence-corrected chi connectivity index (χ2v) is 7.58. The summed E-state index contributed by atoms with van der Waals surface area (Å²) in [5.74, 6) is -1.24. The van der Waals surface area contributed by atoms with Gasteiger partial charge in [0.05, 0.1) is 12.6 Å². The lowest BCUT2D eigenvalue weighted by Gasteiger charge is -2.41. The van der Waals surface area contributed by atoms with Gasteiger partial charge in [0.25, 0.3) is 0 Å². The molecular weight excluding hydrogens is 426 g/mol. The lowest BCUT2D eigenvalue weighted by Crippen LogP contribution is -2.47.